The molecule has 2 bridgehead atoms. The average Bonchev–Trinajstić information content (AvgIpc) is 2.79. The van der Waals surface area contributed by atoms with E-state index in [1.807, 2.05) is 0 Å². The van der Waals surface area contributed by atoms with Gasteiger partial charge < -0.3 is 15.1 Å². The summed E-state index contributed by atoms with van der Waals surface area (Å²) >= 11 is 0. The Morgan fingerprint density at radius 2 is 2.04 bits per heavy atom. The number of halogens is 3. The third-order valence-electron chi connectivity index (χ3n) is 5.44. The quantitative estimate of drug-likeness (QED) is 0.873. The fourth-order valence-corrected chi connectivity index (χ4v) is 3.86. The fourth-order valence-electron chi connectivity index (χ4n) is 3.86. The molecule has 3 amide bonds. The first-order chi connectivity index (χ1) is 12.8. The minimum atomic E-state index is -4.37. The zero-order chi connectivity index (χ0) is 19.6. The van der Waals surface area contributed by atoms with Crippen molar-refractivity contribution in [3.05, 3.63) is 35.4 Å². The van der Waals surface area contributed by atoms with E-state index in [-0.39, 0.29) is 30.4 Å². The Morgan fingerprint density at radius 1 is 1.26 bits per heavy atom. The van der Waals surface area contributed by atoms with Crippen LogP contribution in [0.4, 0.5) is 18.0 Å². The molecule has 0 spiro atoms. The van der Waals surface area contributed by atoms with Crippen molar-refractivity contribution in [2.75, 3.05) is 26.7 Å². The Bertz CT molecular complexity index is 708. The monoisotopic (exact) mass is 383 g/mol. The summed E-state index contributed by atoms with van der Waals surface area (Å²) in [7, 11) is 1.79. The van der Waals surface area contributed by atoms with E-state index in [0.29, 0.717) is 25.1 Å². The lowest BCUT2D eigenvalue weighted by molar-refractivity contribution is -0.137. The summed E-state index contributed by atoms with van der Waals surface area (Å²) in [5, 5.41) is 2.78. The van der Waals surface area contributed by atoms with Crippen LogP contribution in [0.3, 0.4) is 0 Å². The van der Waals surface area contributed by atoms with Crippen LogP contribution in [0.5, 0.6) is 0 Å². The van der Waals surface area contributed by atoms with Gasteiger partial charge in [0, 0.05) is 32.7 Å². The molecule has 8 heteroatoms. The molecule has 5 nitrogen and oxygen atoms in total. The molecule has 2 fully saturated rings. The van der Waals surface area contributed by atoms with Crippen LogP contribution >= 0.6 is 0 Å². The molecule has 2 heterocycles. The second-order valence-electron chi connectivity index (χ2n) is 7.32. The van der Waals surface area contributed by atoms with Gasteiger partial charge in [-0.1, -0.05) is 24.6 Å². The summed E-state index contributed by atoms with van der Waals surface area (Å²) in [6, 6.07) is 4.89. The largest absolute Gasteiger partial charge is 0.416 e. The molecule has 1 aromatic rings. The Morgan fingerprint density at radius 3 is 2.78 bits per heavy atom. The van der Waals surface area contributed by atoms with Gasteiger partial charge in [-0.25, -0.2) is 4.79 Å². The topological polar surface area (TPSA) is 52.7 Å². The predicted molar refractivity (Wildman–Crippen MR) is 94.0 cm³/mol. The molecule has 2 aliphatic rings. The molecule has 27 heavy (non-hydrogen) atoms. The molecule has 2 saturated heterocycles. The molecule has 2 atom stereocenters. The lowest BCUT2D eigenvalue weighted by Crippen LogP contribution is -2.47. The van der Waals surface area contributed by atoms with E-state index in [9.17, 15) is 22.8 Å². The van der Waals surface area contributed by atoms with Crippen LogP contribution in [0.15, 0.2) is 24.3 Å². The summed E-state index contributed by atoms with van der Waals surface area (Å²) in [5.74, 6) is -0.0755. The molecule has 2 aliphatic heterocycles. The van der Waals surface area contributed by atoms with Crippen LogP contribution in [0.25, 0.3) is 0 Å². The number of nitrogens with one attached hydrogen (secondary N) is 1. The highest BCUT2D eigenvalue weighted by molar-refractivity contribution is 5.82. The number of carbonyl (C=O) groups excluding carboxylic acids is 2. The van der Waals surface area contributed by atoms with Crippen molar-refractivity contribution in [3.63, 3.8) is 0 Å². The Balaban J connectivity index is 1.56. The minimum absolute atomic E-state index is 0.0271. The van der Waals surface area contributed by atoms with Crippen LogP contribution in [0.1, 0.15) is 30.4 Å². The molecular formula is C19H24F3N3O2. The zero-order valence-corrected chi connectivity index (χ0v) is 15.3. The third kappa shape index (κ3) is 4.54. The van der Waals surface area contributed by atoms with Gasteiger partial charge in [0.25, 0.3) is 0 Å². The van der Waals surface area contributed by atoms with Crippen LogP contribution < -0.4 is 5.32 Å². The van der Waals surface area contributed by atoms with Gasteiger partial charge in [-0.3, -0.25) is 4.79 Å². The average molecular weight is 383 g/mol. The number of fused-ring (bicyclic) bond motifs is 3. The molecule has 1 aromatic carbocycles. The maximum Gasteiger partial charge on any atom is 0.416 e. The highest BCUT2D eigenvalue weighted by atomic mass is 19.4. The van der Waals surface area contributed by atoms with Gasteiger partial charge in [-0.05, 0) is 30.9 Å². The number of alkyl halides is 3. The van der Waals surface area contributed by atoms with E-state index in [1.54, 1.807) is 22.9 Å². The summed E-state index contributed by atoms with van der Waals surface area (Å²) in [6.45, 7) is 1.14. The molecule has 0 radical (unpaired) electrons. The van der Waals surface area contributed by atoms with Crippen molar-refractivity contribution in [2.45, 2.75) is 37.9 Å². The van der Waals surface area contributed by atoms with E-state index in [1.165, 1.54) is 6.07 Å². The minimum Gasteiger partial charge on any atom is -0.341 e. The van der Waals surface area contributed by atoms with Crippen molar-refractivity contribution in [1.82, 2.24) is 15.1 Å². The highest BCUT2D eigenvalue weighted by Gasteiger charge is 2.38. The van der Waals surface area contributed by atoms with E-state index < -0.39 is 11.7 Å². The van der Waals surface area contributed by atoms with Gasteiger partial charge in [0.15, 0.2) is 0 Å². The number of urea groups is 1. The number of rotatable bonds is 3. The third-order valence-corrected chi connectivity index (χ3v) is 5.44. The van der Waals surface area contributed by atoms with E-state index in [0.717, 1.165) is 31.4 Å². The predicted octanol–water partition coefficient (Wildman–Crippen LogP) is 2.90. The number of amides is 3. The Hall–Kier alpha value is -2.25. The molecule has 0 aromatic heterocycles. The fraction of sp³-hybridized carbons (Fsp3) is 0.579. The lowest BCUT2D eigenvalue weighted by atomic mass is 9.99. The van der Waals surface area contributed by atoms with Gasteiger partial charge >= 0.3 is 12.2 Å². The van der Waals surface area contributed by atoms with Crippen molar-refractivity contribution in [2.24, 2.45) is 5.92 Å². The smallest absolute Gasteiger partial charge is 0.341 e. The van der Waals surface area contributed by atoms with E-state index >= 15 is 0 Å². The van der Waals surface area contributed by atoms with E-state index in [2.05, 4.69) is 5.32 Å². The molecule has 0 saturated carbocycles. The van der Waals surface area contributed by atoms with Crippen molar-refractivity contribution in [3.8, 4) is 0 Å². The normalized spacial score (nSPS) is 23.2. The summed E-state index contributed by atoms with van der Waals surface area (Å²) < 4.78 is 38.3. The Labute approximate surface area is 156 Å². The van der Waals surface area contributed by atoms with Crippen LogP contribution in [0, 0.1) is 5.92 Å². The first kappa shape index (κ1) is 19.5. The summed E-state index contributed by atoms with van der Waals surface area (Å²) in [4.78, 5) is 28.3. The van der Waals surface area contributed by atoms with Crippen LogP contribution in [0.2, 0.25) is 0 Å². The second-order valence-corrected chi connectivity index (χ2v) is 7.32. The Kier molecular flexibility index (Phi) is 5.62. The van der Waals surface area contributed by atoms with Crippen LogP contribution in [-0.4, -0.2) is 54.5 Å². The number of hydrogen-bond donors (Lipinski definition) is 1. The first-order valence-corrected chi connectivity index (χ1v) is 9.21. The first-order valence-electron chi connectivity index (χ1n) is 9.21. The summed E-state index contributed by atoms with van der Waals surface area (Å²) in [5.41, 5.74) is -0.166. The molecule has 0 aliphatic carbocycles. The number of carbonyl (C=O) groups is 2. The number of likely N-dealkylation sites (tertiary alicyclic amines) is 1. The molecule has 0 unspecified atom stereocenters. The number of likely N-dealkylation sites (N-methyl/N-ethyl adjacent to an activating group) is 1. The molecule has 1 N–H and O–H groups in total. The lowest BCUT2D eigenvalue weighted by Gasteiger charge is -2.29. The molecule has 3 rings (SSSR count). The summed E-state index contributed by atoms with van der Waals surface area (Å²) in [6.07, 6.45) is -1.41. The van der Waals surface area contributed by atoms with Crippen molar-refractivity contribution < 1.29 is 22.8 Å². The number of benzene rings is 1. The van der Waals surface area contributed by atoms with Gasteiger partial charge in [0.05, 0.1) is 11.5 Å². The van der Waals surface area contributed by atoms with Gasteiger partial charge in [0.2, 0.25) is 5.91 Å². The molecular weight excluding hydrogens is 359 g/mol. The SMILES string of the molecule is CN1C(=O)[C@@H]2CCC[C@H]1CN(C(=O)NCCc1cccc(C(F)(F)F)c1)C2. The standard InChI is InChI=1S/C19H24F3N3O2/c1-24-16-7-3-5-14(17(24)26)11-25(12-16)18(27)23-9-8-13-4-2-6-15(10-13)19(20,21)22/h2,4,6,10,14,16H,3,5,7-9,11-12H2,1H3,(H,23,27)/t14-,16+/m1/s1. The maximum atomic E-state index is 12.8. The van der Waals surface area contributed by atoms with Gasteiger partial charge in [0.1, 0.15) is 0 Å². The van der Waals surface area contributed by atoms with Crippen molar-refractivity contribution in [1.29, 1.82) is 0 Å². The highest BCUT2D eigenvalue weighted by Crippen LogP contribution is 2.29. The van der Waals surface area contributed by atoms with E-state index in [4.69, 9.17) is 0 Å². The zero-order valence-electron chi connectivity index (χ0n) is 15.3. The van der Waals surface area contributed by atoms with Gasteiger partial charge in [-0.2, -0.15) is 13.2 Å². The maximum absolute atomic E-state index is 12.8. The van der Waals surface area contributed by atoms with Crippen molar-refractivity contribution >= 4 is 11.9 Å². The number of nitrogens with zero attached hydrogens (tertiary/aromatic N) is 2. The van der Waals surface area contributed by atoms with Gasteiger partial charge in [-0.15, -0.1) is 0 Å². The molecule has 148 valence electrons. The van der Waals surface area contributed by atoms with Crippen LogP contribution in [-0.2, 0) is 17.4 Å². The number of hydrogen-bond acceptors (Lipinski definition) is 2. The second kappa shape index (κ2) is 7.78.